The second-order valence-corrected chi connectivity index (χ2v) is 6.98. The number of methoxy groups -OCH3 is 1. The van der Waals surface area contributed by atoms with E-state index in [0.29, 0.717) is 43.2 Å². The van der Waals surface area contributed by atoms with E-state index >= 15 is 0 Å². The molecule has 0 atom stereocenters. The third-order valence-corrected chi connectivity index (χ3v) is 5.30. The average Bonchev–Trinajstić information content (AvgIpc) is 2.78. The highest BCUT2D eigenvalue weighted by molar-refractivity contribution is 5.96. The first-order valence-electron chi connectivity index (χ1n) is 9.57. The van der Waals surface area contributed by atoms with Gasteiger partial charge in [0.15, 0.2) is 11.3 Å². The molecule has 0 amide bonds. The summed E-state index contributed by atoms with van der Waals surface area (Å²) in [4.78, 5) is 19.2. The van der Waals surface area contributed by atoms with E-state index < -0.39 is 0 Å². The largest absolute Gasteiger partial charge is 0.496 e. The van der Waals surface area contributed by atoms with Crippen LogP contribution in [0.5, 0.6) is 5.75 Å². The minimum Gasteiger partial charge on any atom is -0.496 e. The van der Waals surface area contributed by atoms with E-state index in [-0.39, 0.29) is 5.43 Å². The average molecular weight is 388 g/mol. The normalized spacial score (nSPS) is 14.4. The topological polar surface area (TPSA) is 64.8 Å². The Kier molecular flexibility index (Phi) is 4.41. The molecule has 3 heterocycles. The molecule has 1 aliphatic rings. The standard InChI is InChI=1S/C23H20N2O4/c1-27-21-7-8-24-19-6-5-15(13-18(19)21)16-3-2-4-17-20(26)14-22(29-23(16)17)25-9-11-28-12-10-25/h2-8,13-14H,9-12H2,1H3. The smallest absolute Gasteiger partial charge is 0.200 e. The number of hydrogen-bond donors (Lipinski definition) is 0. The molecule has 5 rings (SSSR count). The van der Waals surface area contributed by atoms with Crippen LogP contribution < -0.4 is 15.1 Å². The molecule has 0 saturated carbocycles. The molecular weight excluding hydrogens is 368 g/mol. The summed E-state index contributed by atoms with van der Waals surface area (Å²) in [5.74, 6) is 1.34. The quantitative estimate of drug-likeness (QED) is 0.531. The Balaban J connectivity index is 1.71. The van der Waals surface area contributed by atoms with Crippen molar-refractivity contribution in [1.82, 2.24) is 4.98 Å². The lowest BCUT2D eigenvalue weighted by atomic mass is 10.0. The van der Waals surface area contributed by atoms with Crippen LogP contribution in [0.4, 0.5) is 5.88 Å². The van der Waals surface area contributed by atoms with Crippen molar-refractivity contribution in [2.75, 3.05) is 38.3 Å². The zero-order chi connectivity index (χ0) is 19.8. The van der Waals surface area contributed by atoms with Crippen LogP contribution in [-0.2, 0) is 4.74 Å². The summed E-state index contributed by atoms with van der Waals surface area (Å²) in [6.45, 7) is 2.66. The van der Waals surface area contributed by atoms with E-state index in [1.54, 1.807) is 25.4 Å². The van der Waals surface area contributed by atoms with Gasteiger partial charge in [-0.25, -0.2) is 0 Å². The number of hydrogen-bond acceptors (Lipinski definition) is 6. The maximum Gasteiger partial charge on any atom is 0.200 e. The number of aromatic nitrogens is 1. The second kappa shape index (κ2) is 7.22. The highest BCUT2D eigenvalue weighted by Crippen LogP contribution is 2.33. The zero-order valence-corrected chi connectivity index (χ0v) is 16.1. The fraction of sp³-hybridized carbons (Fsp3) is 0.217. The minimum atomic E-state index is -0.0466. The summed E-state index contributed by atoms with van der Waals surface area (Å²) in [6, 6.07) is 15.0. The van der Waals surface area contributed by atoms with Crippen LogP contribution in [0.1, 0.15) is 0 Å². The number of fused-ring (bicyclic) bond motifs is 2. The van der Waals surface area contributed by atoms with Gasteiger partial charge in [0.25, 0.3) is 0 Å². The molecule has 0 bridgehead atoms. The van der Waals surface area contributed by atoms with E-state index in [1.165, 1.54) is 0 Å². The number of nitrogens with zero attached hydrogens (tertiary/aromatic N) is 2. The Hall–Kier alpha value is -3.38. The van der Waals surface area contributed by atoms with Crippen molar-refractivity contribution in [2.45, 2.75) is 0 Å². The summed E-state index contributed by atoms with van der Waals surface area (Å²) < 4.78 is 17.2. The van der Waals surface area contributed by atoms with Crippen molar-refractivity contribution >= 4 is 27.8 Å². The van der Waals surface area contributed by atoms with Crippen LogP contribution in [0.25, 0.3) is 33.0 Å². The Morgan fingerprint density at radius 2 is 1.90 bits per heavy atom. The van der Waals surface area contributed by atoms with Gasteiger partial charge in [-0.15, -0.1) is 0 Å². The lowest BCUT2D eigenvalue weighted by Crippen LogP contribution is -2.36. The highest BCUT2D eigenvalue weighted by atomic mass is 16.5. The predicted octanol–water partition coefficient (Wildman–Crippen LogP) is 3.85. The number of rotatable bonds is 3. The number of morpholine rings is 1. The molecule has 1 fully saturated rings. The van der Waals surface area contributed by atoms with Gasteiger partial charge in [0.1, 0.15) is 11.3 Å². The molecule has 6 heteroatoms. The summed E-state index contributed by atoms with van der Waals surface area (Å²) in [6.07, 6.45) is 1.73. The molecule has 0 spiro atoms. The molecule has 146 valence electrons. The first kappa shape index (κ1) is 17.7. The number of anilines is 1. The van der Waals surface area contributed by atoms with Crippen molar-refractivity contribution in [2.24, 2.45) is 0 Å². The Labute approximate surface area is 167 Å². The number of pyridine rings is 1. The van der Waals surface area contributed by atoms with Crippen molar-refractivity contribution < 1.29 is 13.9 Å². The van der Waals surface area contributed by atoms with E-state index in [4.69, 9.17) is 13.9 Å². The monoisotopic (exact) mass is 388 g/mol. The molecule has 2 aromatic carbocycles. The van der Waals surface area contributed by atoms with Gasteiger partial charge >= 0.3 is 0 Å². The predicted molar refractivity (Wildman–Crippen MR) is 113 cm³/mol. The van der Waals surface area contributed by atoms with Gasteiger partial charge in [0, 0.05) is 36.3 Å². The van der Waals surface area contributed by atoms with Gasteiger partial charge in [-0.2, -0.15) is 0 Å². The molecule has 0 aliphatic carbocycles. The third-order valence-electron chi connectivity index (χ3n) is 5.30. The zero-order valence-electron chi connectivity index (χ0n) is 16.1. The third kappa shape index (κ3) is 3.11. The lowest BCUT2D eigenvalue weighted by molar-refractivity contribution is 0.121. The van der Waals surface area contributed by atoms with Gasteiger partial charge in [0.05, 0.1) is 31.2 Å². The second-order valence-electron chi connectivity index (χ2n) is 6.98. The molecule has 4 aromatic rings. The van der Waals surface area contributed by atoms with Gasteiger partial charge in [0.2, 0.25) is 0 Å². The molecular formula is C23H20N2O4. The van der Waals surface area contributed by atoms with Crippen molar-refractivity contribution in [3.63, 3.8) is 0 Å². The fourth-order valence-corrected chi connectivity index (χ4v) is 3.80. The molecule has 2 aromatic heterocycles. The van der Waals surface area contributed by atoms with Gasteiger partial charge in [-0.05, 0) is 29.8 Å². The van der Waals surface area contributed by atoms with Crippen LogP contribution in [0.2, 0.25) is 0 Å². The maximum absolute atomic E-state index is 12.8. The Morgan fingerprint density at radius 3 is 2.72 bits per heavy atom. The number of ether oxygens (including phenoxy) is 2. The lowest BCUT2D eigenvalue weighted by Gasteiger charge is -2.27. The Bertz CT molecular complexity index is 1260. The van der Waals surface area contributed by atoms with Gasteiger partial charge < -0.3 is 18.8 Å². The first-order chi connectivity index (χ1) is 14.2. The molecule has 6 nitrogen and oxygen atoms in total. The first-order valence-corrected chi connectivity index (χ1v) is 9.57. The van der Waals surface area contributed by atoms with Crippen molar-refractivity contribution in [3.05, 3.63) is 65.0 Å². The summed E-state index contributed by atoms with van der Waals surface area (Å²) in [7, 11) is 1.65. The molecule has 1 aliphatic heterocycles. The summed E-state index contributed by atoms with van der Waals surface area (Å²) in [5, 5.41) is 1.48. The highest BCUT2D eigenvalue weighted by Gasteiger charge is 2.17. The number of benzene rings is 2. The molecule has 0 N–H and O–H groups in total. The molecule has 29 heavy (non-hydrogen) atoms. The summed E-state index contributed by atoms with van der Waals surface area (Å²) in [5.41, 5.74) is 3.20. The molecule has 0 unspecified atom stereocenters. The van der Waals surface area contributed by atoms with Gasteiger partial charge in [-0.3, -0.25) is 9.78 Å². The molecule has 0 radical (unpaired) electrons. The van der Waals surface area contributed by atoms with Crippen LogP contribution in [0, 0.1) is 0 Å². The van der Waals surface area contributed by atoms with E-state index in [1.807, 2.05) is 36.4 Å². The minimum absolute atomic E-state index is 0.0466. The van der Waals surface area contributed by atoms with Crippen molar-refractivity contribution in [1.29, 1.82) is 0 Å². The Morgan fingerprint density at radius 1 is 1.03 bits per heavy atom. The van der Waals surface area contributed by atoms with E-state index in [0.717, 1.165) is 27.8 Å². The van der Waals surface area contributed by atoms with Crippen LogP contribution >= 0.6 is 0 Å². The van der Waals surface area contributed by atoms with Gasteiger partial charge in [-0.1, -0.05) is 18.2 Å². The molecule has 1 saturated heterocycles. The SMILES string of the molecule is COc1ccnc2ccc(-c3cccc4c(=O)cc(N5CCOCC5)oc34)cc12. The van der Waals surface area contributed by atoms with Crippen LogP contribution in [0.15, 0.2) is 63.9 Å². The van der Waals surface area contributed by atoms with E-state index in [9.17, 15) is 4.79 Å². The fourth-order valence-electron chi connectivity index (χ4n) is 3.80. The summed E-state index contributed by atoms with van der Waals surface area (Å²) >= 11 is 0. The van der Waals surface area contributed by atoms with Crippen LogP contribution in [0.3, 0.4) is 0 Å². The van der Waals surface area contributed by atoms with E-state index in [2.05, 4.69) is 9.88 Å². The maximum atomic E-state index is 12.8. The number of para-hydroxylation sites is 1. The van der Waals surface area contributed by atoms with Crippen LogP contribution in [-0.4, -0.2) is 38.4 Å². The van der Waals surface area contributed by atoms with Crippen molar-refractivity contribution in [3.8, 4) is 16.9 Å².